The molecule has 72 valence electrons. The third-order valence-electron chi connectivity index (χ3n) is 2.44. The standard InChI is InChI=1S/C13H14O/c1-2-3-4-6-11-7-5-8-13-12(11)9-10-14-13/h2,5,7-10H,1,3-4,6H2. The van der Waals surface area contributed by atoms with E-state index in [1.807, 2.05) is 18.2 Å². The van der Waals surface area contributed by atoms with Crippen molar-refractivity contribution in [3.8, 4) is 0 Å². The van der Waals surface area contributed by atoms with Crippen molar-refractivity contribution >= 4 is 11.0 Å². The topological polar surface area (TPSA) is 13.1 Å². The molecular weight excluding hydrogens is 172 g/mol. The van der Waals surface area contributed by atoms with Crippen LogP contribution in [0.5, 0.6) is 0 Å². The summed E-state index contributed by atoms with van der Waals surface area (Å²) >= 11 is 0. The quantitative estimate of drug-likeness (QED) is 0.520. The van der Waals surface area contributed by atoms with E-state index in [9.17, 15) is 0 Å². The highest BCUT2D eigenvalue weighted by Gasteiger charge is 2.01. The van der Waals surface area contributed by atoms with Crippen LogP contribution in [-0.2, 0) is 6.42 Å². The lowest BCUT2D eigenvalue weighted by atomic mass is 10.0. The fourth-order valence-corrected chi connectivity index (χ4v) is 1.71. The van der Waals surface area contributed by atoms with Gasteiger partial charge in [-0.25, -0.2) is 0 Å². The van der Waals surface area contributed by atoms with Gasteiger partial charge in [-0.2, -0.15) is 0 Å². The van der Waals surface area contributed by atoms with Crippen LogP contribution in [-0.4, -0.2) is 0 Å². The molecular formula is C13H14O. The van der Waals surface area contributed by atoms with E-state index < -0.39 is 0 Å². The van der Waals surface area contributed by atoms with E-state index >= 15 is 0 Å². The molecule has 0 saturated carbocycles. The van der Waals surface area contributed by atoms with Crippen LogP contribution in [0, 0.1) is 0 Å². The summed E-state index contributed by atoms with van der Waals surface area (Å²) in [5.74, 6) is 0. The highest BCUT2D eigenvalue weighted by atomic mass is 16.3. The third-order valence-corrected chi connectivity index (χ3v) is 2.44. The molecule has 0 N–H and O–H groups in total. The van der Waals surface area contributed by atoms with E-state index in [0.717, 1.165) is 24.8 Å². The number of furan rings is 1. The predicted octanol–water partition coefficient (Wildman–Crippen LogP) is 3.94. The van der Waals surface area contributed by atoms with E-state index in [1.165, 1.54) is 10.9 Å². The maximum absolute atomic E-state index is 5.34. The molecule has 0 bridgehead atoms. The van der Waals surface area contributed by atoms with Crippen LogP contribution in [0.15, 0.2) is 47.6 Å². The van der Waals surface area contributed by atoms with Gasteiger partial charge in [-0.15, -0.1) is 6.58 Å². The van der Waals surface area contributed by atoms with E-state index in [1.54, 1.807) is 6.26 Å². The minimum atomic E-state index is 0.987. The number of hydrogen-bond donors (Lipinski definition) is 0. The van der Waals surface area contributed by atoms with Crippen molar-refractivity contribution in [2.24, 2.45) is 0 Å². The molecule has 0 amide bonds. The fraction of sp³-hybridized carbons (Fsp3) is 0.231. The molecule has 1 heterocycles. The largest absolute Gasteiger partial charge is 0.464 e. The van der Waals surface area contributed by atoms with Crippen molar-refractivity contribution in [1.82, 2.24) is 0 Å². The number of unbranched alkanes of at least 4 members (excludes halogenated alkanes) is 1. The SMILES string of the molecule is C=CCCCc1cccc2occc12. The molecule has 0 aliphatic rings. The summed E-state index contributed by atoms with van der Waals surface area (Å²) in [4.78, 5) is 0. The second-order valence-corrected chi connectivity index (χ2v) is 3.43. The zero-order valence-electron chi connectivity index (χ0n) is 8.20. The van der Waals surface area contributed by atoms with Gasteiger partial charge in [-0.3, -0.25) is 0 Å². The summed E-state index contributed by atoms with van der Waals surface area (Å²) in [6.07, 6.45) is 7.06. The smallest absolute Gasteiger partial charge is 0.134 e. The Morgan fingerprint density at radius 1 is 1.29 bits per heavy atom. The molecule has 2 aromatic rings. The highest BCUT2D eigenvalue weighted by molar-refractivity contribution is 5.80. The van der Waals surface area contributed by atoms with Crippen molar-refractivity contribution in [2.45, 2.75) is 19.3 Å². The Kier molecular flexibility index (Phi) is 2.68. The fourth-order valence-electron chi connectivity index (χ4n) is 1.71. The number of benzene rings is 1. The molecule has 1 nitrogen and oxygen atoms in total. The van der Waals surface area contributed by atoms with Gasteiger partial charge >= 0.3 is 0 Å². The van der Waals surface area contributed by atoms with Crippen LogP contribution in [0.25, 0.3) is 11.0 Å². The molecule has 0 saturated heterocycles. The van der Waals surface area contributed by atoms with Crippen molar-refractivity contribution < 1.29 is 4.42 Å². The first-order chi connectivity index (χ1) is 6.92. The number of fused-ring (bicyclic) bond motifs is 1. The first-order valence-corrected chi connectivity index (χ1v) is 4.98. The van der Waals surface area contributed by atoms with Crippen molar-refractivity contribution in [1.29, 1.82) is 0 Å². The summed E-state index contributed by atoms with van der Waals surface area (Å²) < 4.78 is 5.34. The highest BCUT2D eigenvalue weighted by Crippen LogP contribution is 2.21. The van der Waals surface area contributed by atoms with Crippen LogP contribution in [0.4, 0.5) is 0 Å². The second-order valence-electron chi connectivity index (χ2n) is 3.43. The first kappa shape index (κ1) is 9.07. The van der Waals surface area contributed by atoms with Gasteiger partial charge in [-0.1, -0.05) is 18.2 Å². The van der Waals surface area contributed by atoms with Gasteiger partial charge < -0.3 is 4.42 Å². The summed E-state index contributed by atoms with van der Waals surface area (Å²) in [6.45, 7) is 3.73. The Bertz CT molecular complexity index is 425. The van der Waals surface area contributed by atoms with E-state index in [-0.39, 0.29) is 0 Å². The van der Waals surface area contributed by atoms with Gasteiger partial charge in [0.05, 0.1) is 6.26 Å². The van der Waals surface area contributed by atoms with E-state index in [0.29, 0.717) is 0 Å². The normalized spacial score (nSPS) is 10.6. The molecule has 0 spiro atoms. The zero-order chi connectivity index (χ0) is 9.80. The van der Waals surface area contributed by atoms with Crippen LogP contribution < -0.4 is 0 Å². The van der Waals surface area contributed by atoms with Gasteiger partial charge in [0, 0.05) is 5.39 Å². The molecule has 0 unspecified atom stereocenters. The zero-order valence-corrected chi connectivity index (χ0v) is 8.20. The molecule has 14 heavy (non-hydrogen) atoms. The molecule has 0 aliphatic carbocycles. The number of rotatable bonds is 4. The lowest BCUT2D eigenvalue weighted by molar-refractivity contribution is 0.615. The van der Waals surface area contributed by atoms with Gasteiger partial charge in [0.2, 0.25) is 0 Å². The average molecular weight is 186 g/mol. The minimum absolute atomic E-state index is 0.987. The van der Waals surface area contributed by atoms with E-state index in [4.69, 9.17) is 4.42 Å². The molecule has 1 heteroatoms. The number of aryl methyl sites for hydroxylation is 1. The van der Waals surface area contributed by atoms with E-state index in [2.05, 4.69) is 18.7 Å². The molecule has 1 aromatic carbocycles. The lowest BCUT2D eigenvalue weighted by Gasteiger charge is -2.00. The number of allylic oxidation sites excluding steroid dienone is 1. The van der Waals surface area contributed by atoms with Gasteiger partial charge in [0.1, 0.15) is 5.58 Å². The molecule has 1 aromatic heterocycles. The third kappa shape index (κ3) is 1.72. The van der Waals surface area contributed by atoms with Crippen molar-refractivity contribution in [2.75, 3.05) is 0 Å². The average Bonchev–Trinajstić information content (AvgIpc) is 2.67. The molecule has 0 fully saturated rings. The summed E-state index contributed by atoms with van der Waals surface area (Å²) in [5.41, 5.74) is 2.36. The maximum Gasteiger partial charge on any atom is 0.134 e. The lowest BCUT2D eigenvalue weighted by Crippen LogP contribution is -1.84. The summed E-state index contributed by atoms with van der Waals surface area (Å²) in [5, 5.41) is 1.25. The first-order valence-electron chi connectivity index (χ1n) is 4.98. The second kappa shape index (κ2) is 4.14. The van der Waals surface area contributed by atoms with Gasteiger partial charge in [-0.05, 0) is 37.0 Å². The van der Waals surface area contributed by atoms with Crippen molar-refractivity contribution in [3.63, 3.8) is 0 Å². The summed E-state index contributed by atoms with van der Waals surface area (Å²) in [6, 6.07) is 8.26. The summed E-state index contributed by atoms with van der Waals surface area (Å²) in [7, 11) is 0. The van der Waals surface area contributed by atoms with Crippen LogP contribution >= 0.6 is 0 Å². The van der Waals surface area contributed by atoms with Gasteiger partial charge in [0.15, 0.2) is 0 Å². The maximum atomic E-state index is 5.34. The molecule has 0 aliphatic heterocycles. The predicted molar refractivity (Wildman–Crippen MR) is 59.3 cm³/mol. The Balaban J connectivity index is 2.23. The molecule has 0 radical (unpaired) electrons. The Labute approximate surface area is 84.0 Å². The van der Waals surface area contributed by atoms with Crippen LogP contribution in [0.1, 0.15) is 18.4 Å². The van der Waals surface area contributed by atoms with Crippen molar-refractivity contribution in [3.05, 3.63) is 48.7 Å². The molecule has 0 atom stereocenters. The van der Waals surface area contributed by atoms with Crippen LogP contribution in [0.3, 0.4) is 0 Å². The Morgan fingerprint density at radius 2 is 2.21 bits per heavy atom. The Morgan fingerprint density at radius 3 is 3.07 bits per heavy atom. The molecule has 2 rings (SSSR count). The monoisotopic (exact) mass is 186 g/mol. The minimum Gasteiger partial charge on any atom is -0.464 e. The van der Waals surface area contributed by atoms with Crippen LogP contribution in [0.2, 0.25) is 0 Å². The number of hydrogen-bond acceptors (Lipinski definition) is 1. The Hall–Kier alpha value is -1.50. The van der Waals surface area contributed by atoms with Gasteiger partial charge in [0.25, 0.3) is 0 Å².